The van der Waals surface area contributed by atoms with Crippen LogP contribution in [0.4, 0.5) is 5.13 Å². The molecule has 168 valence electrons. The molecule has 2 heterocycles. The highest BCUT2D eigenvalue weighted by Gasteiger charge is 2.42. The molecule has 1 aliphatic heterocycles. The Kier molecular flexibility index (Phi) is 9.95. The molecule has 1 aromatic rings. The molecule has 0 saturated carbocycles. The fraction of sp³-hybridized carbons (Fsp3) is 0.909. The van der Waals surface area contributed by atoms with E-state index in [-0.39, 0.29) is 11.6 Å². The Hall–Kier alpha value is -0.600. The van der Waals surface area contributed by atoms with Gasteiger partial charge in [0.05, 0.1) is 6.54 Å². The zero-order valence-corrected chi connectivity index (χ0v) is 20.2. The van der Waals surface area contributed by atoms with Gasteiger partial charge in [-0.05, 0) is 24.8 Å². The summed E-state index contributed by atoms with van der Waals surface area (Å²) in [7, 11) is 2.01. The summed E-state index contributed by atoms with van der Waals surface area (Å²) in [6.07, 6.45) is 13.2. The minimum Gasteiger partial charge on any atom is -0.623 e. The highest BCUT2D eigenvalue weighted by Crippen LogP contribution is 2.36. The SMILES string of the molecule is CCCCCCCCCCCCNC1CN(C)C[N+]1([O-])c1nnc(C(C)(C)C)s1. The second-order valence-corrected chi connectivity index (χ2v) is 10.7. The first-order valence-corrected chi connectivity index (χ1v) is 12.4. The maximum absolute atomic E-state index is 13.6. The summed E-state index contributed by atoms with van der Waals surface area (Å²) in [6.45, 7) is 10.7. The van der Waals surface area contributed by atoms with Crippen LogP contribution in [0.2, 0.25) is 0 Å². The van der Waals surface area contributed by atoms with Crippen molar-refractivity contribution in [1.82, 2.24) is 25.1 Å². The highest BCUT2D eigenvalue weighted by atomic mass is 32.1. The Morgan fingerprint density at radius 2 is 1.62 bits per heavy atom. The fourth-order valence-corrected chi connectivity index (χ4v) is 4.88. The first kappa shape index (κ1) is 24.7. The molecule has 2 rings (SSSR count). The molecule has 1 aromatic heterocycles. The highest BCUT2D eigenvalue weighted by molar-refractivity contribution is 7.15. The molecule has 29 heavy (non-hydrogen) atoms. The molecular formula is C22H43N5OS. The monoisotopic (exact) mass is 425 g/mol. The van der Waals surface area contributed by atoms with Gasteiger partial charge in [0, 0.05) is 12.0 Å². The van der Waals surface area contributed by atoms with Gasteiger partial charge in [-0.2, -0.15) is 0 Å². The molecule has 1 saturated heterocycles. The van der Waals surface area contributed by atoms with E-state index in [0.717, 1.165) is 24.5 Å². The first-order valence-electron chi connectivity index (χ1n) is 11.6. The zero-order chi connectivity index (χ0) is 21.3. The quantitative estimate of drug-likeness (QED) is 0.261. The summed E-state index contributed by atoms with van der Waals surface area (Å²) in [5, 5.41) is 27.3. The molecule has 1 aliphatic rings. The standard InChI is InChI=1S/C22H43N5OS/c1-6-7-8-9-10-11-12-13-14-15-16-23-19-17-26(5)18-27(19,28)21-25-24-20(29-21)22(2,3)4/h19,23H,6-18H2,1-5H3. The predicted octanol–water partition coefficient (Wildman–Crippen LogP) is 5.38. The van der Waals surface area contributed by atoms with E-state index in [2.05, 4.69) is 48.1 Å². The van der Waals surface area contributed by atoms with E-state index in [9.17, 15) is 5.21 Å². The van der Waals surface area contributed by atoms with Gasteiger partial charge in [-0.25, -0.2) is 0 Å². The Balaban J connectivity index is 1.70. The molecule has 0 amide bonds. The third-order valence-corrected chi connectivity index (χ3v) is 7.19. The van der Waals surface area contributed by atoms with Crippen LogP contribution in [0, 0.1) is 5.21 Å². The normalized spacial score (nSPS) is 23.2. The number of nitrogens with zero attached hydrogens (tertiary/aromatic N) is 4. The number of rotatable bonds is 13. The molecule has 2 atom stereocenters. The van der Waals surface area contributed by atoms with E-state index < -0.39 is 4.65 Å². The van der Waals surface area contributed by atoms with E-state index in [0.29, 0.717) is 11.8 Å². The summed E-state index contributed by atoms with van der Waals surface area (Å²) in [5.41, 5.74) is -0.0698. The summed E-state index contributed by atoms with van der Waals surface area (Å²) >= 11 is 1.47. The second kappa shape index (κ2) is 11.7. The van der Waals surface area contributed by atoms with Crippen LogP contribution in [-0.4, -0.2) is 48.1 Å². The van der Waals surface area contributed by atoms with Crippen LogP contribution in [0.15, 0.2) is 0 Å². The predicted molar refractivity (Wildman–Crippen MR) is 125 cm³/mol. The van der Waals surface area contributed by atoms with Gasteiger partial charge in [-0.3, -0.25) is 14.9 Å². The lowest BCUT2D eigenvalue weighted by Gasteiger charge is -2.39. The van der Waals surface area contributed by atoms with Crippen LogP contribution in [-0.2, 0) is 5.41 Å². The lowest BCUT2D eigenvalue weighted by atomic mass is 9.98. The number of likely N-dealkylation sites (N-methyl/N-ethyl adjacent to an activating group) is 1. The van der Waals surface area contributed by atoms with Crippen molar-refractivity contribution in [1.29, 1.82) is 0 Å². The van der Waals surface area contributed by atoms with Gasteiger partial charge in [-0.15, -0.1) is 5.10 Å². The summed E-state index contributed by atoms with van der Waals surface area (Å²) in [4.78, 5) is 2.10. The van der Waals surface area contributed by atoms with E-state index in [4.69, 9.17) is 0 Å². The van der Waals surface area contributed by atoms with Gasteiger partial charge in [0.1, 0.15) is 11.7 Å². The van der Waals surface area contributed by atoms with E-state index in [1.807, 2.05) is 7.05 Å². The maximum atomic E-state index is 13.6. The minimum atomic E-state index is -0.415. The van der Waals surface area contributed by atoms with Crippen molar-refractivity contribution in [3.8, 4) is 0 Å². The summed E-state index contributed by atoms with van der Waals surface area (Å²) in [5.74, 6) is 0. The summed E-state index contributed by atoms with van der Waals surface area (Å²) in [6, 6.07) is 0. The topological polar surface area (TPSA) is 64.1 Å². The summed E-state index contributed by atoms with van der Waals surface area (Å²) < 4.78 is -0.415. The Morgan fingerprint density at radius 1 is 1.03 bits per heavy atom. The molecule has 0 spiro atoms. The van der Waals surface area contributed by atoms with Gasteiger partial charge in [0.2, 0.25) is 0 Å². The van der Waals surface area contributed by atoms with Crippen LogP contribution < -0.4 is 9.96 Å². The molecule has 0 bridgehead atoms. The molecule has 2 unspecified atom stereocenters. The average Bonchev–Trinajstić information content (AvgIpc) is 3.25. The van der Waals surface area contributed by atoms with Gasteiger partial charge < -0.3 is 5.21 Å². The van der Waals surface area contributed by atoms with Crippen molar-refractivity contribution in [2.75, 3.05) is 26.8 Å². The lowest BCUT2D eigenvalue weighted by Crippen LogP contribution is -2.56. The molecule has 0 aliphatic carbocycles. The van der Waals surface area contributed by atoms with Gasteiger partial charge >= 0.3 is 5.13 Å². The van der Waals surface area contributed by atoms with Crippen LogP contribution in [0.5, 0.6) is 0 Å². The number of unbranched alkanes of at least 4 members (excludes halogenated alkanes) is 9. The van der Waals surface area contributed by atoms with Crippen LogP contribution in [0.1, 0.15) is 96.9 Å². The number of quaternary nitrogens is 1. The molecule has 0 aromatic carbocycles. The van der Waals surface area contributed by atoms with Crippen molar-refractivity contribution in [2.24, 2.45) is 0 Å². The third-order valence-electron chi connectivity index (χ3n) is 5.73. The van der Waals surface area contributed by atoms with E-state index in [1.165, 1.54) is 69.1 Å². The third kappa shape index (κ3) is 7.55. The minimum absolute atomic E-state index is 0.0698. The van der Waals surface area contributed by atoms with Gasteiger partial charge in [0.15, 0.2) is 6.17 Å². The maximum Gasteiger partial charge on any atom is 0.309 e. The van der Waals surface area contributed by atoms with E-state index in [1.54, 1.807) is 0 Å². The number of hydrogen-bond donors (Lipinski definition) is 1. The van der Waals surface area contributed by atoms with E-state index >= 15 is 0 Å². The molecule has 1 fully saturated rings. The number of aromatic nitrogens is 2. The largest absolute Gasteiger partial charge is 0.623 e. The molecule has 0 radical (unpaired) electrons. The molecule has 7 heteroatoms. The lowest BCUT2D eigenvalue weighted by molar-refractivity contribution is 0.286. The Labute approximate surface area is 182 Å². The first-order chi connectivity index (χ1) is 13.8. The molecule has 6 nitrogen and oxygen atoms in total. The van der Waals surface area contributed by atoms with Crippen molar-refractivity contribution in [3.05, 3.63) is 10.2 Å². The fourth-order valence-electron chi connectivity index (χ4n) is 3.90. The van der Waals surface area contributed by atoms with Crippen molar-refractivity contribution in [3.63, 3.8) is 0 Å². The molecule has 1 N–H and O–H groups in total. The van der Waals surface area contributed by atoms with Gasteiger partial charge in [0.25, 0.3) is 0 Å². The van der Waals surface area contributed by atoms with Crippen molar-refractivity contribution in [2.45, 2.75) is 103 Å². The smallest absolute Gasteiger partial charge is 0.309 e. The molecular weight excluding hydrogens is 382 g/mol. The number of nitrogens with one attached hydrogen (secondary N) is 1. The Bertz CT molecular complexity index is 588. The van der Waals surface area contributed by atoms with Crippen LogP contribution >= 0.6 is 11.3 Å². The van der Waals surface area contributed by atoms with Gasteiger partial charge in [-0.1, -0.05) is 90.6 Å². The average molecular weight is 426 g/mol. The number of hydroxylamine groups is 2. The zero-order valence-electron chi connectivity index (χ0n) is 19.4. The van der Waals surface area contributed by atoms with Crippen molar-refractivity contribution >= 4 is 16.5 Å². The Morgan fingerprint density at radius 3 is 2.17 bits per heavy atom. The second-order valence-electron chi connectivity index (χ2n) is 9.77. The number of hydrogen-bond acceptors (Lipinski definition) is 6. The van der Waals surface area contributed by atoms with Crippen LogP contribution in [0.3, 0.4) is 0 Å². The van der Waals surface area contributed by atoms with Crippen molar-refractivity contribution < 1.29 is 0 Å². The van der Waals surface area contributed by atoms with Crippen LogP contribution in [0.25, 0.3) is 0 Å².